The molecule has 1 aliphatic rings. The Kier molecular flexibility index (Phi) is 8.31. The summed E-state index contributed by atoms with van der Waals surface area (Å²) in [6, 6.07) is 12.7. The van der Waals surface area contributed by atoms with Crippen molar-refractivity contribution in [3.05, 3.63) is 52.5 Å². The molecule has 1 saturated heterocycles. The van der Waals surface area contributed by atoms with Gasteiger partial charge in [0.25, 0.3) is 5.91 Å². The monoisotopic (exact) mass is 489 g/mol. The van der Waals surface area contributed by atoms with Crippen LogP contribution in [-0.4, -0.2) is 68.6 Å². The molecule has 0 unspecified atom stereocenters. The van der Waals surface area contributed by atoms with Crippen molar-refractivity contribution in [3.63, 3.8) is 0 Å². The number of ether oxygens (including phenoxy) is 2. The molecule has 3 rings (SSSR count). The SMILES string of the molecule is COc1ccc(C(=O)N2CCN(C)CC2)cc1NC(=O)CCCOc1ccccc1Br. The zero-order valence-electron chi connectivity index (χ0n) is 17.9. The van der Waals surface area contributed by atoms with Crippen molar-refractivity contribution in [2.24, 2.45) is 0 Å². The fourth-order valence-corrected chi connectivity index (χ4v) is 3.72. The molecule has 7 nitrogen and oxygen atoms in total. The Morgan fingerprint density at radius 1 is 1.06 bits per heavy atom. The zero-order valence-corrected chi connectivity index (χ0v) is 19.5. The number of halogens is 1. The van der Waals surface area contributed by atoms with Crippen LogP contribution in [0, 0.1) is 0 Å². The molecule has 1 N–H and O–H groups in total. The van der Waals surface area contributed by atoms with E-state index >= 15 is 0 Å². The summed E-state index contributed by atoms with van der Waals surface area (Å²) in [4.78, 5) is 29.3. The minimum atomic E-state index is -0.154. The molecule has 166 valence electrons. The van der Waals surface area contributed by atoms with E-state index in [9.17, 15) is 9.59 Å². The van der Waals surface area contributed by atoms with Gasteiger partial charge in [-0.3, -0.25) is 9.59 Å². The molecule has 0 aliphatic carbocycles. The molecule has 1 aliphatic heterocycles. The van der Waals surface area contributed by atoms with E-state index in [1.165, 1.54) is 0 Å². The van der Waals surface area contributed by atoms with Crippen molar-refractivity contribution in [3.8, 4) is 11.5 Å². The van der Waals surface area contributed by atoms with Crippen molar-refractivity contribution in [2.75, 3.05) is 52.3 Å². The molecule has 2 amide bonds. The van der Waals surface area contributed by atoms with E-state index in [0.29, 0.717) is 49.5 Å². The van der Waals surface area contributed by atoms with Gasteiger partial charge in [0.15, 0.2) is 0 Å². The van der Waals surface area contributed by atoms with Crippen LogP contribution in [0.2, 0.25) is 0 Å². The molecule has 8 heteroatoms. The van der Waals surface area contributed by atoms with Crippen LogP contribution in [0.15, 0.2) is 46.9 Å². The van der Waals surface area contributed by atoms with E-state index in [1.807, 2.05) is 36.2 Å². The second-order valence-electron chi connectivity index (χ2n) is 7.44. The number of methoxy groups -OCH3 is 1. The first-order valence-corrected chi connectivity index (χ1v) is 11.1. The molecule has 1 fully saturated rings. The van der Waals surface area contributed by atoms with Crippen LogP contribution >= 0.6 is 15.9 Å². The lowest BCUT2D eigenvalue weighted by atomic mass is 10.1. The maximum Gasteiger partial charge on any atom is 0.254 e. The van der Waals surface area contributed by atoms with Gasteiger partial charge in [0.05, 0.1) is 23.9 Å². The number of piperazine rings is 1. The van der Waals surface area contributed by atoms with Gasteiger partial charge in [0.2, 0.25) is 5.91 Å². The summed E-state index contributed by atoms with van der Waals surface area (Å²) in [5.41, 5.74) is 1.04. The summed E-state index contributed by atoms with van der Waals surface area (Å²) in [7, 11) is 3.59. The molecule has 0 spiro atoms. The van der Waals surface area contributed by atoms with Crippen LogP contribution in [0.3, 0.4) is 0 Å². The van der Waals surface area contributed by atoms with Gasteiger partial charge in [0.1, 0.15) is 11.5 Å². The predicted octanol–water partition coefficient (Wildman–Crippen LogP) is 3.64. The molecular formula is C23H28BrN3O4. The third-order valence-electron chi connectivity index (χ3n) is 5.15. The average molecular weight is 490 g/mol. The lowest BCUT2D eigenvalue weighted by molar-refractivity contribution is -0.116. The summed E-state index contributed by atoms with van der Waals surface area (Å²) < 4.78 is 11.9. The number of amides is 2. The van der Waals surface area contributed by atoms with E-state index in [-0.39, 0.29) is 11.8 Å². The summed E-state index contributed by atoms with van der Waals surface area (Å²) in [6.45, 7) is 3.52. The summed E-state index contributed by atoms with van der Waals surface area (Å²) in [6.07, 6.45) is 0.861. The molecule has 2 aromatic carbocycles. The minimum Gasteiger partial charge on any atom is -0.495 e. The highest BCUT2D eigenvalue weighted by Gasteiger charge is 2.21. The molecule has 2 aromatic rings. The van der Waals surface area contributed by atoms with Crippen molar-refractivity contribution in [2.45, 2.75) is 12.8 Å². The van der Waals surface area contributed by atoms with Gasteiger partial charge >= 0.3 is 0 Å². The summed E-state index contributed by atoms with van der Waals surface area (Å²) in [5.74, 6) is 1.08. The number of rotatable bonds is 8. The van der Waals surface area contributed by atoms with Crippen LogP contribution in [0.4, 0.5) is 5.69 Å². The van der Waals surface area contributed by atoms with E-state index in [4.69, 9.17) is 9.47 Å². The molecule has 1 heterocycles. The first-order chi connectivity index (χ1) is 15.0. The average Bonchev–Trinajstić information content (AvgIpc) is 2.78. The Hall–Kier alpha value is -2.58. The topological polar surface area (TPSA) is 71.1 Å². The number of nitrogens with one attached hydrogen (secondary N) is 1. The Balaban J connectivity index is 1.55. The third kappa shape index (κ3) is 6.45. The quantitative estimate of drug-likeness (QED) is 0.573. The van der Waals surface area contributed by atoms with Gasteiger partial charge in [-0.15, -0.1) is 0 Å². The maximum atomic E-state index is 12.9. The zero-order chi connectivity index (χ0) is 22.2. The lowest BCUT2D eigenvalue weighted by Crippen LogP contribution is -2.47. The first-order valence-electron chi connectivity index (χ1n) is 10.3. The fraction of sp³-hybridized carbons (Fsp3) is 0.391. The second-order valence-corrected chi connectivity index (χ2v) is 8.30. The molecule has 0 bridgehead atoms. The highest BCUT2D eigenvalue weighted by molar-refractivity contribution is 9.10. The van der Waals surface area contributed by atoms with E-state index in [1.54, 1.807) is 25.3 Å². The van der Waals surface area contributed by atoms with Crippen LogP contribution in [-0.2, 0) is 4.79 Å². The molecular weight excluding hydrogens is 462 g/mol. The predicted molar refractivity (Wildman–Crippen MR) is 124 cm³/mol. The van der Waals surface area contributed by atoms with E-state index in [0.717, 1.165) is 23.3 Å². The summed E-state index contributed by atoms with van der Waals surface area (Å²) in [5, 5.41) is 2.87. The van der Waals surface area contributed by atoms with Crippen LogP contribution in [0.25, 0.3) is 0 Å². The largest absolute Gasteiger partial charge is 0.495 e. The van der Waals surface area contributed by atoms with Gasteiger partial charge in [-0.2, -0.15) is 0 Å². The van der Waals surface area contributed by atoms with Gasteiger partial charge in [-0.25, -0.2) is 0 Å². The van der Waals surface area contributed by atoms with E-state index in [2.05, 4.69) is 26.1 Å². The second kappa shape index (κ2) is 11.2. The number of carbonyl (C=O) groups is 2. The van der Waals surface area contributed by atoms with Crippen molar-refractivity contribution < 1.29 is 19.1 Å². The number of hydrogen-bond acceptors (Lipinski definition) is 5. The number of anilines is 1. The number of carbonyl (C=O) groups excluding carboxylic acids is 2. The van der Waals surface area contributed by atoms with Crippen LogP contribution in [0.5, 0.6) is 11.5 Å². The Bertz CT molecular complexity index is 913. The Labute approximate surface area is 191 Å². The molecule has 0 saturated carbocycles. The fourth-order valence-electron chi connectivity index (χ4n) is 3.32. The standard InChI is InChI=1S/C23H28BrN3O4/c1-26-11-13-27(14-12-26)23(29)17-9-10-21(30-2)19(16-17)25-22(28)8-5-15-31-20-7-4-3-6-18(20)24/h3-4,6-7,9-10,16H,5,8,11-15H2,1-2H3,(H,25,28). The van der Waals surface area contributed by atoms with Crippen molar-refractivity contribution in [1.82, 2.24) is 9.80 Å². The van der Waals surface area contributed by atoms with Gasteiger partial charge in [-0.05, 0) is 59.7 Å². The van der Waals surface area contributed by atoms with Crippen LogP contribution < -0.4 is 14.8 Å². The van der Waals surface area contributed by atoms with Crippen molar-refractivity contribution >= 4 is 33.4 Å². The number of hydrogen-bond donors (Lipinski definition) is 1. The van der Waals surface area contributed by atoms with E-state index < -0.39 is 0 Å². The number of likely N-dealkylation sites (N-methyl/N-ethyl adjacent to an activating group) is 1. The van der Waals surface area contributed by atoms with Gasteiger partial charge < -0.3 is 24.6 Å². The minimum absolute atomic E-state index is 0.0342. The smallest absolute Gasteiger partial charge is 0.254 e. The summed E-state index contributed by atoms with van der Waals surface area (Å²) >= 11 is 3.44. The Morgan fingerprint density at radius 2 is 1.81 bits per heavy atom. The number of nitrogens with zero attached hydrogens (tertiary/aromatic N) is 2. The highest BCUT2D eigenvalue weighted by Crippen LogP contribution is 2.27. The Morgan fingerprint density at radius 3 is 2.52 bits per heavy atom. The molecule has 0 aromatic heterocycles. The normalized spacial score (nSPS) is 14.2. The third-order valence-corrected chi connectivity index (χ3v) is 5.81. The maximum absolute atomic E-state index is 12.9. The molecule has 0 atom stereocenters. The number of para-hydroxylation sites is 1. The lowest BCUT2D eigenvalue weighted by Gasteiger charge is -2.32. The van der Waals surface area contributed by atoms with Crippen molar-refractivity contribution in [1.29, 1.82) is 0 Å². The highest BCUT2D eigenvalue weighted by atomic mass is 79.9. The molecule has 0 radical (unpaired) electrons. The first kappa shape index (κ1) is 23.1. The van der Waals surface area contributed by atoms with Crippen LogP contribution in [0.1, 0.15) is 23.2 Å². The molecule has 31 heavy (non-hydrogen) atoms. The van der Waals surface area contributed by atoms with Gasteiger partial charge in [-0.1, -0.05) is 12.1 Å². The van der Waals surface area contributed by atoms with Gasteiger partial charge in [0, 0.05) is 38.2 Å². The number of benzene rings is 2.